The highest BCUT2D eigenvalue weighted by Gasteiger charge is 2.23. The summed E-state index contributed by atoms with van der Waals surface area (Å²) in [4.78, 5) is 20.0. The molecule has 3 heterocycles. The van der Waals surface area contributed by atoms with Crippen LogP contribution in [0.3, 0.4) is 0 Å². The predicted octanol–water partition coefficient (Wildman–Crippen LogP) is 4.14. The van der Waals surface area contributed by atoms with Crippen LogP contribution in [-0.2, 0) is 5.41 Å². The molecule has 0 bridgehead atoms. The Bertz CT molecular complexity index is 849. The van der Waals surface area contributed by atoms with Crippen molar-refractivity contribution in [1.29, 1.82) is 0 Å². The number of likely N-dealkylation sites (tertiary alicyclic amines) is 1. The van der Waals surface area contributed by atoms with Gasteiger partial charge in [-0.3, -0.25) is 4.79 Å². The van der Waals surface area contributed by atoms with Crippen molar-refractivity contribution in [2.24, 2.45) is 0 Å². The Balaban J connectivity index is 1.71. The predicted molar refractivity (Wildman–Crippen MR) is 118 cm³/mol. The molecule has 3 rings (SSSR count). The Kier molecular flexibility index (Phi) is 6.62. The van der Waals surface area contributed by atoms with Gasteiger partial charge in [0.2, 0.25) is 0 Å². The van der Waals surface area contributed by atoms with Gasteiger partial charge in [0.25, 0.3) is 5.91 Å². The first-order valence-corrected chi connectivity index (χ1v) is 11.1. The zero-order chi connectivity index (χ0) is 21.2. The van der Waals surface area contributed by atoms with Gasteiger partial charge < -0.3 is 10.2 Å². The number of aromatic nitrogens is 3. The lowest BCUT2D eigenvalue weighted by Crippen LogP contribution is -2.39. The molecule has 2 aromatic rings. The summed E-state index contributed by atoms with van der Waals surface area (Å²) < 4.78 is 1.86. The standard InChI is InChI=1S/C23H37N5O/c1-16(2)21-18(15-25-20-14-19(23(4,5)6)26-28(20)21)22(29)24-11-9-13-27-12-8-7-10-17(27)3/h14-17H,7-13H2,1-6H3,(H,24,29)/t17-/m0/s1. The molecule has 6 heteroatoms. The monoisotopic (exact) mass is 399 g/mol. The molecule has 0 saturated carbocycles. The second-order valence-corrected chi connectivity index (χ2v) is 9.75. The first kappa shape index (κ1) is 21.8. The summed E-state index contributed by atoms with van der Waals surface area (Å²) in [6, 6.07) is 2.68. The number of rotatable bonds is 6. The highest BCUT2D eigenvalue weighted by Crippen LogP contribution is 2.25. The number of nitrogens with one attached hydrogen (secondary N) is 1. The molecule has 1 aliphatic rings. The molecule has 0 unspecified atom stereocenters. The van der Waals surface area contributed by atoms with E-state index in [4.69, 9.17) is 5.10 Å². The van der Waals surface area contributed by atoms with Crippen LogP contribution in [0.4, 0.5) is 0 Å². The summed E-state index contributed by atoms with van der Waals surface area (Å²) in [7, 11) is 0. The number of hydrogen-bond acceptors (Lipinski definition) is 4. The molecular weight excluding hydrogens is 362 g/mol. The minimum Gasteiger partial charge on any atom is -0.352 e. The van der Waals surface area contributed by atoms with Crippen LogP contribution in [0.2, 0.25) is 0 Å². The van der Waals surface area contributed by atoms with Gasteiger partial charge in [0, 0.05) is 36.8 Å². The highest BCUT2D eigenvalue weighted by atomic mass is 16.1. The minimum absolute atomic E-state index is 0.0531. The van der Waals surface area contributed by atoms with Gasteiger partial charge in [-0.15, -0.1) is 0 Å². The Morgan fingerprint density at radius 2 is 2.07 bits per heavy atom. The first-order valence-electron chi connectivity index (χ1n) is 11.1. The fourth-order valence-corrected chi connectivity index (χ4v) is 4.12. The fourth-order valence-electron chi connectivity index (χ4n) is 4.12. The van der Waals surface area contributed by atoms with Gasteiger partial charge in [-0.2, -0.15) is 5.10 Å². The molecule has 1 saturated heterocycles. The Morgan fingerprint density at radius 1 is 1.31 bits per heavy atom. The summed E-state index contributed by atoms with van der Waals surface area (Å²) in [6.45, 7) is 15.8. The molecule has 2 aromatic heterocycles. The third-order valence-electron chi connectivity index (χ3n) is 5.93. The number of fused-ring (bicyclic) bond motifs is 1. The van der Waals surface area contributed by atoms with Crippen molar-refractivity contribution in [1.82, 2.24) is 24.8 Å². The summed E-state index contributed by atoms with van der Waals surface area (Å²) in [6.07, 6.45) is 6.60. The number of hydrogen-bond donors (Lipinski definition) is 1. The Morgan fingerprint density at radius 3 is 2.72 bits per heavy atom. The lowest BCUT2D eigenvalue weighted by Gasteiger charge is -2.33. The Labute approximate surface area is 175 Å². The molecule has 1 aliphatic heterocycles. The summed E-state index contributed by atoms with van der Waals surface area (Å²) in [5, 5.41) is 7.89. The number of nitrogens with zero attached hydrogens (tertiary/aromatic N) is 4. The van der Waals surface area contributed by atoms with Gasteiger partial charge in [-0.1, -0.05) is 41.0 Å². The van der Waals surface area contributed by atoms with Crippen molar-refractivity contribution < 1.29 is 4.79 Å². The van der Waals surface area contributed by atoms with Crippen molar-refractivity contribution in [2.45, 2.75) is 84.6 Å². The molecule has 0 aromatic carbocycles. The maximum absolute atomic E-state index is 12.9. The van der Waals surface area contributed by atoms with E-state index in [-0.39, 0.29) is 17.2 Å². The van der Waals surface area contributed by atoms with Crippen molar-refractivity contribution in [2.75, 3.05) is 19.6 Å². The lowest BCUT2D eigenvalue weighted by atomic mass is 9.93. The van der Waals surface area contributed by atoms with E-state index in [1.807, 2.05) is 10.6 Å². The van der Waals surface area contributed by atoms with Crippen molar-refractivity contribution >= 4 is 11.6 Å². The van der Waals surface area contributed by atoms with Gasteiger partial charge >= 0.3 is 0 Å². The zero-order valence-electron chi connectivity index (χ0n) is 19.0. The van der Waals surface area contributed by atoms with Gasteiger partial charge in [-0.25, -0.2) is 9.50 Å². The van der Waals surface area contributed by atoms with E-state index in [1.165, 1.54) is 25.8 Å². The number of piperidine rings is 1. The molecule has 1 amide bonds. The minimum atomic E-state index is -0.0596. The van der Waals surface area contributed by atoms with E-state index in [2.05, 4.69) is 56.7 Å². The van der Waals surface area contributed by atoms with E-state index >= 15 is 0 Å². The third-order valence-corrected chi connectivity index (χ3v) is 5.93. The molecule has 6 nitrogen and oxygen atoms in total. The second-order valence-electron chi connectivity index (χ2n) is 9.75. The average molecular weight is 400 g/mol. The molecule has 0 radical (unpaired) electrons. The second kappa shape index (κ2) is 8.82. The zero-order valence-corrected chi connectivity index (χ0v) is 19.0. The molecule has 1 fully saturated rings. The van der Waals surface area contributed by atoms with Crippen LogP contribution in [0, 0.1) is 0 Å². The smallest absolute Gasteiger partial charge is 0.254 e. The lowest BCUT2D eigenvalue weighted by molar-refractivity contribution is 0.0946. The maximum Gasteiger partial charge on any atom is 0.254 e. The average Bonchev–Trinajstić information content (AvgIpc) is 3.10. The number of carbonyl (C=O) groups excluding carboxylic acids is 1. The van der Waals surface area contributed by atoms with Gasteiger partial charge in [0.15, 0.2) is 5.65 Å². The summed E-state index contributed by atoms with van der Waals surface area (Å²) in [5.41, 5.74) is 3.28. The topological polar surface area (TPSA) is 62.5 Å². The van der Waals surface area contributed by atoms with Gasteiger partial charge in [0.1, 0.15) is 0 Å². The number of carbonyl (C=O) groups is 1. The molecule has 29 heavy (non-hydrogen) atoms. The molecular formula is C23H37N5O. The van der Waals surface area contributed by atoms with Gasteiger partial charge in [0.05, 0.1) is 17.0 Å². The maximum atomic E-state index is 12.9. The van der Waals surface area contributed by atoms with E-state index in [1.54, 1.807) is 6.20 Å². The van der Waals surface area contributed by atoms with Crippen molar-refractivity contribution in [3.63, 3.8) is 0 Å². The van der Waals surface area contributed by atoms with Crippen molar-refractivity contribution in [3.05, 3.63) is 29.2 Å². The summed E-state index contributed by atoms with van der Waals surface area (Å²) >= 11 is 0. The third kappa shape index (κ3) is 4.97. The molecule has 0 aliphatic carbocycles. The van der Waals surface area contributed by atoms with Crippen LogP contribution >= 0.6 is 0 Å². The van der Waals surface area contributed by atoms with E-state index in [0.717, 1.165) is 30.0 Å². The first-order chi connectivity index (χ1) is 13.7. The normalized spacial score (nSPS) is 18.5. The Hall–Kier alpha value is -1.95. The number of amides is 1. The van der Waals surface area contributed by atoms with E-state index in [0.29, 0.717) is 18.2 Å². The molecule has 160 valence electrons. The van der Waals surface area contributed by atoms with Crippen LogP contribution in [0.5, 0.6) is 0 Å². The molecule has 1 atom stereocenters. The molecule has 1 N–H and O–H groups in total. The van der Waals surface area contributed by atoms with Crippen LogP contribution in [-0.4, -0.2) is 51.1 Å². The molecule has 0 spiro atoms. The fraction of sp³-hybridized carbons (Fsp3) is 0.696. The SMILES string of the molecule is CC(C)c1c(C(=O)NCCCN2CCCC[C@@H]2C)cnc2cc(C(C)(C)C)nn12. The summed E-state index contributed by atoms with van der Waals surface area (Å²) in [5.74, 6) is 0.116. The van der Waals surface area contributed by atoms with E-state index in [9.17, 15) is 4.79 Å². The van der Waals surface area contributed by atoms with Crippen LogP contribution < -0.4 is 5.32 Å². The van der Waals surface area contributed by atoms with Crippen LogP contribution in [0.1, 0.15) is 94.9 Å². The highest BCUT2D eigenvalue weighted by molar-refractivity contribution is 5.95. The van der Waals surface area contributed by atoms with Crippen LogP contribution in [0.15, 0.2) is 12.3 Å². The van der Waals surface area contributed by atoms with Gasteiger partial charge in [-0.05, 0) is 38.6 Å². The van der Waals surface area contributed by atoms with Crippen molar-refractivity contribution in [3.8, 4) is 0 Å². The largest absolute Gasteiger partial charge is 0.352 e. The van der Waals surface area contributed by atoms with E-state index < -0.39 is 0 Å². The quantitative estimate of drug-likeness (QED) is 0.742. The van der Waals surface area contributed by atoms with Crippen LogP contribution in [0.25, 0.3) is 5.65 Å².